The first kappa shape index (κ1) is 29.5. The van der Waals surface area contributed by atoms with E-state index in [1.165, 1.54) is 5.56 Å². The average Bonchev–Trinajstić information content (AvgIpc) is 2.79. The molecule has 0 atom stereocenters. The molecule has 2 N–H and O–H groups in total. The van der Waals surface area contributed by atoms with Gasteiger partial charge in [-0.25, -0.2) is 14.6 Å². The fraction of sp³-hybridized carbons (Fsp3) is 0.433. The van der Waals surface area contributed by atoms with Crippen LogP contribution in [0.4, 0.5) is 9.59 Å². The molecule has 0 saturated carbocycles. The number of hydrogen-bond donors (Lipinski definition) is 2. The lowest BCUT2D eigenvalue weighted by molar-refractivity contribution is 0.0545. The summed E-state index contributed by atoms with van der Waals surface area (Å²) in [6.07, 6.45) is 1.93. The molecule has 1 aromatic carbocycles. The lowest BCUT2D eigenvalue weighted by Gasteiger charge is -2.22. The molecule has 3 aromatic rings. The molecule has 0 saturated heterocycles. The van der Waals surface area contributed by atoms with Gasteiger partial charge in [0.15, 0.2) is 0 Å². The number of aliphatic imine (C=N–C) groups is 1. The zero-order valence-electron chi connectivity index (χ0n) is 24.3. The highest BCUT2D eigenvalue weighted by atomic mass is 16.6. The van der Waals surface area contributed by atoms with Crippen molar-refractivity contribution in [2.24, 2.45) is 4.99 Å². The van der Waals surface area contributed by atoms with Gasteiger partial charge in [0.2, 0.25) is 5.96 Å². The summed E-state index contributed by atoms with van der Waals surface area (Å²) in [6.45, 7) is 17.1. The van der Waals surface area contributed by atoms with Gasteiger partial charge in [0, 0.05) is 23.5 Å². The van der Waals surface area contributed by atoms with Gasteiger partial charge in [0.25, 0.3) is 0 Å². The van der Waals surface area contributed by atoms with E-state index in [0.717, 1.165) is 22.2 Å². The fourth-order valence-electron chi connectivity index (χ4n) is 3.69. The Morgan fingerprint density at radius 3 is 1.77 bits per heavy atom. The van der Waals surface area contributed by atoms with Crippen molar-refractivity contribution < 1.29 is 19.1 Å². The van der Waals surface area contributed by atoms with E-state index in [1.54, 1.807) is 53.9 Å². The molecule has 0 spiro atoms. The van der Waals surface area contributed by atoms with Gasteiger partial charge >= 0.3 is 12.2 Å². The monoisotopic (exact) mass is 533 g/mol. The van der Waals surface area contributed by atoms with E-state index in [2.05, 4.69) is 70.6 Å². The van der Waals surface area contributed by atoms with Gasteiger partial charge < -0.3 is 9.47 Å². The largest absolute Gasteiger partial charge is 0.444 e. The molecule has 3 rings (SSSR count). The average molecular weight is 534 g/mol. The van der Waals surface area contributed by atoms with E-state index in [4.69, 9.17) is 9.47 Å². The third-order valence-corrected chi connectivity index (χ3v) is 5.42. The van der Waals surface area contributed by atoms with Crippen molar-refractivity contribution >= 4 is 29.2 Å². The Kier molecular flexibility index (Phi) is 8.63. The van der Waals surface area contributed by atoms with E-state index < -0.39 is 23.4 Å². The molecular formula is C30H39N5O4. The first-order valence-corrected chi connectivity index (χ1v) is 12.9. The molecule has 0 radical (unpaired) electrons. The van der Waals surface area contributed by atoms with Crippen LogP contribution in [0.5, 0.6) is 0 Å². The topological polar surface area (TPSA) is 115 Å². The zero-order valence-corrected chi connectivity index (χ0v) is 24.3. The van der Waals surface area contributed by atoms with E-state index in [0.29, 0.717) is 5.52 Å². The maximum atomic E-state index is 12.4. The van der Waals surface area contributed by atoms with Gasteiger partial charge in [-0.15, -0.1) is 0 Å². The van der Waals surface area contributed by atoms with Crippen LogP contribution in [0.25, 0.3) is 22.2 Å². The SMILES string of the molecule is CC(C)(C)OC(=O)NC(=NCc1ccnc2c(-c3ccc(C(C)(C)C)cc3)ccnc12)NC(=O)OC(C)(C)C. The number of carbonyl (C=O) groups is 2. The van der Waals surface area contributed by atoms with Gasteiger partial charge in [-0.2, -0.15) is 0 Å². The Hall–Kier alpha value is -4.01. The number of hydrogen-bond acceptors (Lipinski definition) is 7. The number of nitrogens with zero attached hydrogens (tertiary/aromatic N) is 3. The quantitative estimate of drug-likeness (QED) is 0.293. The summed E-state index contributed by atoms with van der Waals surface area (Å²) in [5.41, 5.74) is 4.00. The molecule has 0 aliphatic carbocycles. The highest BCUT2D eigenvalue weighted by Crippen LogP contribution is 2.30. The predicted octanol–water partition coefficient (Wildman–Crippen LogP) is 6.50. The highest BCUT2D eigenvalue weighted by molar-refractivity contribution is 6.01. The predicted molar refractivity (Wildman–Crippen MR) is 154 cm³/mol. The van der Waals surface area contributed by atoms with E-state index in [9.17, 15) is 9.59 Å². The van der Waals surface area contributed by atoms with Crippen LogP contribution in [0.3, 0.4) is 0 Å². The van der Waals surface area contributed by atoms with Crippen molar-refractivity contribution in [2.45, 2.75) is 85.5 Å². The summed E-state index contributed by atoms with van der Waals surface area (Å²) in [5.74, 6) is -0.0996. The fourth-order valence-corrected chi connectivity index (χ4v) is 3.69. The van der Waals surface area contributed by atoms with Crippen molar-refractivity contribution in [1.29, 1.82) is 0 Å². The molecule has 0 unspecified atom stereocenters. The van der Waals surface area contributed by atoms with Crippen molar-refractivity contribution in [3.63, 3.8) is 0 Å². The molecule has 9 heteroatoms. The standard InChI is InChI=1S/C30H39N5O4/c1-28(2,3)21-12-10-19(11-13-21)22-15-17-31-23-20(14-16-32-24(22)23)18-33-25(34-26(36)38-29(4,5)6)35-27(37)39-30(7,8)9/h10-17H,18H2,1-9H3,(H2,33,34,35,36,37). The van der Waals surface area contributed by atoms with Crippen molar-refractivity contribution in [2.75, 3.05) is 0 Å². The molecule has 0 aliphatic rings. The second kappa shape index (κ2) is 11.4. The molecule has 2 aromatic heterocycles. The third-order valence-electron chi connectivity index (χ3n) is 5.42. The van der Waals surface area contributed by atoms with E-state index in [-0.39, 0.29) is 17.9 Å². The van der Waals surface area contributed by atoms with Crippen LogP contribution < -0.4 is 10.6 Å². The number of benzene rings is 1. The van der Waals surface area contributed by atoms with Gasteiger partial charge in [0.05, 0.1) is 17.6 Å². The van der Waals surface area contributed by atoms with Crippen LogP contribution >= 0.6 is 0 Å². The molecule has 208 valence electrons. The molecule has 0 fully saturated rings. The minimum Gasteiger partial charge on any atom is -0.444 e. The number of fused-ring (bicyclic) bond motifs is 1. The molecule has 0 bridgehead atoms. The summed E-state index contributed by atoms with van der Waals surface area (Å²) in [6, 6.07) is 12.2. The lowest BCUT2D eigenvalue weighted by Crippen LogP contribution is -2.47. The molecule has 9 nitrogen and oxygen atoms in total. The van der Waals surface area contributed by atoms with E-state index >= 15 is 0 Å². The number of guanidine groups is 1. The summed E-state index contributed by atoms with van der Waals surface area (Å²) in [7, 11) is 0. The number of ether oxygens (including phenoxy) is 2. The molecule has 0 aliphatic heterocycles. The van der Waals surface area contributed by atoms with Gasteiger partial charge in [-0.1, -0.05) is 45.0 Å². The number of carbonyl (C=O) groups excluding carboxylic acids is 2. The molecule has 2 heterocycles. The van der Waals surface area contributed by atoms with Crippen LogP contribution in [-0.4, -0.2) is 39.3 Å². The highest BCUT2D eigenvalue weighted by Gasteiger charge is 2.21. The van der Waals surface area contributed by atoms with Crippen LogP contribution in [0.15, 0.2) is 53.8 Å². The Morgan fingerprint density at radius 1 is 0.744 bits per heavy atom. The first-order valence-electron chi connectivity index (χ1n) is 12.9. The number of alkyl carbamates (subject to hydrolysis) is 2. The van der Waals surface area contributed by atoms with Crippen molar-refractivity contribution in [3.8, 4) is 11.1 Å². The molecular weight excluding hydrogens is 494 g/mol. The van der Waals surface area contributed by atoms with Crippen LogP contribution in [-0.2, 0) is 21.4 Å². The summed E-state index contributed by atoms with van der Waals surface area (Å²) < 4.78 is 10.6. The zero-order chi connectivity index (χ0) is 29.0. The van der Waals surface area contributed by atoms with Crippen molar-refractivity contribution in [1.82, 2.24) is 20.6 Å². The Balaban J connectivity index is 1.93. The van der Waals surface area contributed by atoms with Crippen molar-refractivity contribution in [3.05, 3.63) is 59.9 Å². The second-order valence-electron chi connectivity index (χ2n) is 12.3. The number of amides is 2. The summed E-state index contributed by atoms with van der Waals surface area (Å²) in [5, 5.41) is 5.01. The Labute approximate surface area is 230 Å². The lowest BCUT2D eigenvalue weighted by atomic mass is 9.86. The number of pyridine rings is 2. The maximum Gasteiger partial charge on any atom is 0.414 e. The van der Waals surface area contributed by atoms with Crippen LogP contribution in [0, 0.1) is 0 Å². The molecule has 39 heavy (non-hydrogen) atoms. The number of aromatic nitrogens is 2. The smallest absolute Gasteiger partial charge is 0.414 e. The summed E-state index contributed by atoms with van der Waals surface area (Å²) in [4.78, 5) is 38.5. The third kappa shape index (κ3) is 8.77. The van der Waals surface area contributed by atoms with Gasteiger partial charge in [-0.3, -0.25) is 20.6 Å². The number of rotatable bonds is 3. The Bertz CT molecular complexity index is 1330. The minimum atomic E-state index is -0.754. The van der Waals surface area contributed by atoms with Crippen LogP contribution in [0.2, 0.25) is 0 Å². The van der Waals surface area contributed by atoms with E-state index in [1.807, 2.05) is 12.1 Å². The van der Waals surface area contributed by atoms with Gasteiger partial charge in [0.1, 0.15) is 11.2 Å². The summed E-state index contributed by atoms with van der Waals surface area (Å²) >= 11 is 0. The normalized spacial score (nSPS) is 12.0. The molecule has 2 amide bonds. The Morgan fingerprint density at radius 2 is 1.26 bits per heavy atom. The van der Waals surface area contributed by atoms with Gasteiger partial charge in [-0.05, 0) is 70.2 Å². The second-order valence-corrected chi connectivity index (χ2v) is 12.3. The van der Waals surface area contributed by atoms with Crippen LogP contribution in [0.1, 0.15) is 73.4 Å². The maximum absolute atomic E-state index is 12.4. The first-order chi connectivity index (χ1) is 18.0. The minimum absolute atomic E-state index is 0.0562. The number of nitrogens with one attached hydrogen (secondary N) is 2.